The van der Waals surface area contributed by atoms with Crippen LogP contribution in [-0.4, -0.2) is 59.4 Å². The van der Waals surface area contributed by atoms with E-state index < -0.39 is 12.1 Å². The van der Waals surface area contributed by atoms with Crippen molar-refractivity contribution in [2.45, 2.75) is 37.5 Å². The molecule has 3 aliphatic rings. The van der Waals surface area contributed by atoms with Gasteiger partial charge < -0.3 is 9.80 Å². The van der Waals surface area contributed by atoms with Gasteiger partial charge in [-0.1, -0.05) is 12.1 Å². The SMILES string of the molecule is O=C(N1C[C@@H]2C[C@H]1CN2c1ccc(C=C2CCCN=C2c2cccnc2)cc1)C(F)(F)F. The molecule has 0 N–H and O–H groups in total. The second-order valence-electron chi connectivity index (χ2n) is 8.49. The van der Waals surface area contributed by atoms with Crippen molar-refractivity contribution in [3.63, 3.8) is 0 Å². The van der Waals surface area contributed by atoms with Crippen molar-refractivity contribution in [1.29, 1.82) is 0 Å². The minimum absolute atomic E-state index is 0.0711. The number of halogens is 3. The Morgan fingerprint density at radius 2 is 1.91 bits per heavy atom. The number of rotatable bonds is 3. The van der Waals surface area contributed by atoms with Gasteiger partial charge >= 0.3 is 12.1 Å². The number of fused-ring (bicyclic) bond motifs is 2. The molecular formula is C24H23F3N4O. The number of carbonyl (C=O) groups is 1. The number of alkyl halides is 3. The maximum Gasteiger partial charge on any atom is 0.471 e. The summed E-state index contributed by atoms with van der Waals surface area (Å²) in [6.45, 7) is 1.37. The molecule has 0 unspecified atom stereocenters. The number of allylic oxidation sites excluding steroid dienone is 1. The number of nitrogens with zero attached hydrogens (tertiary/aromatic N) is 4. The van der Waals surface area contributed by atoms with Crippen molar-refractivity contribution < 1.29 is 18.0 Å². The number of aliphatic imine (C=N–C) groups is 1. The average molecular weight is 440 g/mol. The van der Waals surface area contributed by atoms with Crippen LogP contribution < -0.4 is 4.90 Å². The predicted octanol–water partition coefficient (Wildman–Crippen LogP) is 4.10. The van der Waals surface area contributed by atoms with Gasteiger partial charge in [0.1, 0.15) is 0 Å². The van der Waals surface area contributed by atoms with Gasteiger partial charge in [-0.2, -0.15) is 13.2 Å². The van der Waals surface area contributed by atoms with E-state index in [2.05, 4.69) is 16.0 Å². The minimum atomic E-state index is -4.80. The molecule has 1 aromatic heterocycles. The fraction of sp³-hybridized carbons (Fsp3) is 0.375. The van der Waals surface area contributed by atoms with Crippen LogP contribution >= 0.6 is 0 Å². The second kappa shape index (κ2) is 8.07. The summed E-state index contributed by atoms with van der Waals surface area (Å²) >= 11 is 0. The molecule has 2 aromatic rings. The molecule has 5 rings (SSSR count). The number of benzene rings is 1. The average Bonchev–Trinajstić information content (AvgIpc) is 3.41. The summed E-state index contributed by atoms with van der Waals surface area (Å²) in [7, 11) is 0. The Morgan fingerprint density at radius 3 is 2.56 bits per heavy atom. The lowest BCUT2D eigenvalue weighted by molar-refractivity contribution is -0.186. The zero-order valence-corrected chi connectivity index (χ0v) is 17.4. The fourth-order valence-electron chi connectivity index (χ4n) is 4.96. The third-order valence-electron chi connectivity index (χ3n) is 6.42. The summed E-state index contributed by atoms with van der Waals surface area (Å²) in [6, 6.07) is 11.6. The van der Waals surface area contributed by atoms with E-state index in [-0.39, 0.29) is 18.6 Å². The number of pyridine rings is 1. The van der Waals surface area contributed by atoms with Crippen LogP contribution in [0.1, 0.15) is 30.4 Å². The minimum Gasteiger partial charge on any atom is -0.365 e. The summed E-state index contributed by atoms with van der Waals surface area (Å²) < 4.78 is 38.4. The number of likely N-dealkylation sites (tertiary alicyclic amines) is 1. The smallest absolute Gasteiger partial charge is 0.365 e. The van der Waals surface area contributed by atoms with Crippen LogP contribution in [0.4, 0.5) is 18.9 Å². The second-order valence-corrected chi connectivity index (χ2v) is 8.49. The van der Waals surface area contributed by atoms with Gasteiger partial charge in [-0.3, -0.25) is 14.8 Å². The van der Waals surface area contributed by atoms with Gasteiger partial charge in [-0.15, -0.1) is 0 Å². The van der Waals surface area contributed by atoms with Crippen molar-refractivity contribution >= 4 is 23.4 Å². The normalized spacial score (nSPS) is 24.2. The van der Waals surface area contributed by atoms with Gasteiger partial charge in [0.05, 0.1) is 11.8 Å². The van der Waals surface area contributed by atoms with Gasteiger partial charge in [0.15, 0.2) is 0 Å². The van der Waals surface area contributed by atoms with Crippen molar-refractivity contribution in [3.8, 4) is 0 Å². The van der Waals surface area contributed by atoms with Gasteiger partial charge in [0.25, 0.3) is 0 Å². The third kappa shape index (κ3) is 3.89. The Balaban J connectivity index is 1.30. The van der Waals surface area contributed by atoms with Crippen molar-refractivity contribution in [3.05, 3.63) is 65.5 Å². The maximum absolute atomic E-state index is 12.8. The van der Waals surface area contributed by atoms with Crippen molar-refractivity contribution in [2.24, 2.45) is 4.99 Å². The van der Waals surface area contributed by atoms with E-state index >= 15 is 0 Å². The Kier molecular flexibility index (Phi) is 5.23. The van der Waals surface area contributed by atoms with E-state index in [1.54, 1.807) is 6.20 Å². The maximum atomic E-state index is 12.8. The number of amides is 1. The highest BCUT2D eigenvalue weighted by Crippen LogP contribution is 2.37. The van der Waals surface area contributed by atoms with E-state index in [0.717, 1.165) is 46.8 Å². The summed E-state index contributed by atoms with van der Waals surface area (Å²) in [5.41, 5.74) is 5.21. The molecule has 32 heavy (non-hydrogen) atoms. The number of hydrogen-bond donors (Lipinski definition) is 0. The van der Waals surface area contributed by atoms with Gasteiger partial charge in [0.2, 0.25) is 0 Å². The van der Waals surface area contributed by atoms with Crippen LogP contribution in [0.3, 0.4) is 0 Å². The third-order valence-corrected chi connectivity index (χ3v) is 6.42. The van der Waals surface area contributed by atoms with Crippen LogP contribution in [0, 0.1) is 0 Å². The molecule has 4 heterocycles. The first kappa shape index (κ1) is 20.7. The van der Waals surface area contributed by atoms with Crippen LogP contribution in [-0.2, 0) is 4.79 Å². The molecule has 1 aromatic carbocycles. The molecule has 0 saturated carbocycles. The summed E-state index contributed by atoms with van der Waals surface area (Å²) in [6.07, 6.45) is 3.47. The van der Waals surface area contributed by atoms with Gasteiger partial charge in [-0.05, 0) is 60.7 Å². The van der Waals surface area contributed by atoms with E-state index in [1.807, 2.05) is 42.6 Å². The molecular weight excluding hydrogens is 417 g/mol. The lowest BCUT2D eigenvalue weighted by Crippen LogP contribution is -2.52. The predicted molar refractivity (Wildman–Crippen MR) is 117 cm³/mol. The summed E-state index contributed by atoms with van der Waals surface area (Å²) in [4.78, 5) is 23.6. The Bertz CT molecular complexity index is 1060. The highest BCUT2D eigenvalue weighted by molar-refractivity contribution is 6.15. The summed E-state index contributed by atoms with van der Waals surface area (Å²) in [5, 5.41) is 0. The topological polar surface area (TPSA) is 48.8 Å². The quantitative estimate of drug-likeness (QED) is 0.722. The van der Waals surface area contributed by atoms with Crippen molar-refractivity contribution in [1.82, 2.24) is 9.88 Å². The number of aromatic nitrogens is 1. The molecule has 0 radical (unpaired) electrons. The molecule has 5 nitrogen and oxygen atoms in total. The molecule has 2 bridgehead atoms. The Labute approximate surface area is 184 Å². The summed E-state index contributed by atoms with van der Waals surface area (Å²) in [5.74, 6) is -1.72. The Hall–Kier alpha value is -3.16. The molecule has 2 saturated heterocycles. The van der Waals surface area contributed by atoms with Crippen LogP contribution in [0.5, 0.6) is 0 Å². The van der Waals surface area contributed by atoms with Crippen molar-refractivity contribution in [2.75, 3.05) is 24.5 Å². The molecule has 0 spiro atoms. The lowest BCUT2D eigenvalue weighted by Gasteiger charge is -2.35. The first-order valence-electron chi connectivity index (χ1n) is 10.8. The molecule has 2 fully saturated rings. The van der Waals surface area contributed by atoms with Crippen LogP contribution in [0.15, 0.2) is 59.4 Å². The lowest BCUT2D eigenvalue weighted by atomic mass is 9.95. The van der Waals surface area contributed by atoms with Crippen LogP contribution in [0.25, 0.3) is 6.08 Å². The number of anilines is 1. The molecule has 1 amide bonds. The van der Waals surface area contributed by atoms with Gasteiger partial charge in [0, 0.05) is 49.3 Å². The molecule has 166 valence electrons. The first-order valence-corrected chi connectivity index (χ1v) is 10.8. The van der Waals surface area contributed by atoms with Gasteiger partial charge in [-0.25, -0.2) is 0 Å². The first-order chi connectivity index (χ1) is 15.4. The monoisotopic (exact) mass is 440 g/mol. The van der Waals surface area contributed by atoms with Crippen LogP contribution in [0.2, 0.25) is 0 Å². The zero-order valence-electron chi connectivity index (χ0n) is 17.4. The van der Waals surface area contributed by atoms with E-state index in [4.69, 9.17) is 4.99 Å². The van der Waals surface area contributed by atoms with E-state index in [9.17, 15) is 18.0 Å². The zero-order chi connectivity index (χ0) is 22.3. The fourth-order valence-corrected chi connectivity index (χ4v) is 4.96. The largest absolute Gasteiger partial charge is 0.471 e. The number of carbonyl (C=O) groups excluding carboxylic acids is 1. The molecule has 3 aliphatic heterocycles. The number of piperazine rings is 1. The number of hydrogen-bond acceptors (Lipinski definition) is 4. The standard InChI is InChI=1S/C24H23F3N4O/c25-24(26,27)23(32)31-15-20-12-21(31)14-30(20)19-7-5-16(6-8-19)11-17-3-2-10-29-22(17)18-4-1-9-28-13-18/h1,4-9,11,13,20-21H,2-3,10,12,14-15H2/t20-,21-/m0/s1. The molecule has 0 aliphatic carbocycles. The molecule has 2 atom stereocenters. The van der Waals surface area contributed by atoms with E-state index in [1.165, 1.54) is 5.57 Å². The molecule has 8 heteroatoms. The highest BCUT2D eigenvalue weighted by atomic mass is 19.4. The van der Waals surface area contributed by atoms with E-state index in [0.29, 0.717) is 13.0 Å². The highest BCUT2D eigenvalue weighted by Gasteiger charge is 2.52. The Morgan fingerprint density at radius 1 is 1.09 bits per heavy atom.